The minimum atomic E-state index is -4.40. The van der Waals surface area contributed by atoms with Crippen molar-refractivity contribution < 1.29 is 18.0 Å². The fourth-order valence-electron chi connectivity index (χ4n) is 3.31. The van der Waals surface area contributed by atoms with Crippen LogP contribution in [0.4, 0.5) is 19.1 Å². The van der Waals surface area contributed by atoms with Crippen LogP contribution in [0.3, 0.4) is 0 Å². The van der Waals surface area contributed by atoms with Crippen molar-refractivity contribution in [1.82, 2.24) is 9.97 Å². The Morgan fingerprint density at radius 2 is 1.86 bits per heavy atom. The molecule has 1 saturated carbocycles. The number of anilines is 1. The topological polar surface area (TPSA) is 66.1 Å². The molecule has 0 bridgehead atoms. The summed E-state index contributed by atoms with van der Waals surface area (Å²) >= 11 is 0. The molecule has 1 aliphatic carbocycles. The van der Waals surface area contributed by atoms with Crippen molar-refractivity contribution in [3.63, 3.8) is 0 Å². The van der Waals surface area contributed by atoms with E-state index in [0.717, 1.165) is 31.0 Å². The molecule has 0 radical (unpaired) electrons. The average molecular weight is 393 g/mol. The molecule has 1 fully saturated rings. The van der Waals surface area contributed by atoms with Gasteiger partial charge in [0, 0.05) is 26.6 Å². The second-order valence-electron chi connectivity index (χ2n) is 7.80. The lowest BCUT2D eigenvalue weighted by atomic mass is 9.80. The van der Waals surface area contributed by atoms with Crippen molar-refractivity contribution in [3.05, 3.63) is 57.5 Å². The SMILES string of the molecule is CN(C)c1nc(C(=O)C[C@@H](c2ccc(C(F)(F)F)cc2)C2(C)CC2)cc(=O)[nH]1. The summed E-state index contributed by atoms with van der Waals surface area (Å²) in [5, 5.41) is 0. The average Bonchev–Trinajstić information content (AvgIpc) is 3.36. The molecule has 0 spiro atoms. The second kappa shape index (κ2) is 7.07. The summed E-state index contributed by atoms with van der Waals surface area (Å²) in [6.07, 6.45) is -2.51. The maximum atomic E-state index is 12.8. The molecule has 150 valence electrons. The minimum absolute atomic E-state index is 0.0635. The first-order valence-electron chi connectivity index (χ1n) is 8.99. The van der Waals surface area contributed by atoms with Gasteiger partial charge in [-0.25, -0.2) is 4.98 Å². The molecular formula is C20H22F3N3O2. The van der Waals surface area contributed by atoms with Crippen molar-refractivity contribution in [2.75, 3.05) is 19.0 Å². The van der Waals surface area contributed by atoms with Crippen LogP contribution in [-0.4, -0.2) is 29.8 Å². The standard InChI is InChI=1S/C20H22F3N3O2/c1-19(8-9-19)14(12-4-6-13(7-5-12)20(21,22)23)10-16(27)15-11-17(28)25-18(24-15)26(2)3/h4-7,11,14H,8-10H2,1-3H3,(H,24,25,28)/t14-/m0/s1. The summed E-state index contributed by atoms with van der Waals surface area (Å²) in [6, 6.07) is 6.15. The van der Waals surface area contributed by atoms with E-state index in [4.69, 9.17) is 0 Å². The summed E-state index contributed by atoms with van der Waals surface area (Å²) in [7, 11) is 3.39. The number of aromatic amines is 1. The third-order valence-electron chi connectivity index (χ3n) is 5.35. The lowest BCUT2D eigenvalue weighted by molar-refractivity contribution is -0.137. The number of benzene rings is 1. The normalized spacial score (nSPS) is 16.5. The van der Waals surface area contributed by atoms with Gasteiger partial charge in [0.05, 0.1) is 5.56 Å². The molecule has 3 rings (SSSR count). The zero-order valence-corrected chi connectivity index (χ0v) is 15.9. The predicted molar refractivity (Wildman–Crippen MR) is 99.7 cm³/mol. The zero-order valence-electron chi connectivity index (χ0n) is 15.9. The molecule has 28 heavy (non-hydrogen) atoms. The molecule has 0 unspecified atom stereocenters. The third-order valence-corrected chi connectivity index (χ3v) is 5.35. The van der Waals surface area contributed by atoms with E-state index in [1.165, 1.54) is 12.1 Å². The quantitative estimate of drug-likeness (QED) is 0.753. The monoisotopic (exact) mass is 393 g/mol. The van der Waals surface area contributed by atoms with Crippen LogP contribution in [0.15, 0.2) is 35.1 Å². The number of carbonyl (C=O) groups excluding carboxylic acids is 1. The number of nitrogens with zero attached hydrogens (tertiary/aromatic N) is 2. The second-order valence-corrected chi connectivity index (χ2v) is 7.80. The molecule has 2 aromatic rings. The summed E-state index contributed by atoms with van der Waals surface area (Å²) in [5.74, 6) is -0.252. The first-order valence-corrected chi connectivity index (χ1v) is 8.99. The minimum Gasteiger partial charge on any atom is -0.348 e. The number of nitrogens with one attached hydrogen (secondary N) is 1. The molecule has 0 aliphatic heterocycles. The van der Waals surface area contributed by atoms with E-state index in [9.17, 15) is 22.8 Å². The van der Waals surface area contributed by atoms with Gasteiger partial charge in [0.15, 0.2) is 5.78 Å². The molecular weight excluding hydrogens is 371 g/mol. The largest absolute Gasteiger partial charge is 0.416 e. The van der Waals surface area contributed by atoms with Gasteiger partial charge >= 0.3 is 6.18 Å². The molecule has 1 aromatic heterocycles. The summed E-state index contributed by atoms with van der Waals surface area (Å²) < 4.78 is 38.5. The Balaban J connectivity index is 1.88. The smallest absolute Gasteiger partial charge is 0.348 e. The van der Waals surface area contributed by atoms with E-state index in [-0.39, 0.29) is 35.2 Å². The van der Waals surface area contributed by atoms with Crippen molar-refractivity contribution in [1.29, 1.82) is 0 Å². The van der Waals surface area contributed by atoms with Crippen molar-refractivity contribution in [2.24, 2.45) is 5.41 Å². The third kappa shape index (κ3) is 4.26. The Labute approximate surface area is 160 Å². The highest BCUT2D eigenvalue weighted by atomic mass is 19.4. The number of rotatable bonds is 6. The molecule has 1 N–H and O–H groups in total. The van der Waals surface area contributed by atoms with Crippen molar-refractivity contribution in [2.45, 2.75) is 38.3 Å². The summed E-state index contributed by atoms with van der Waals surface area (Å²) in [5.41, 5.74) is -0.520. The van der Waals surface area contributed by atoms with Gasteiger partial charge in [0.1, 0.15) is 5.69 Å². The van der Waals surface area contributed by atoms with Crippen LogP contribution < -0.4 is 10.5 Å². The highest BCUT2D eigenvalue weighted by Gasteiger charge is 2.46. The molecule has 1 aliphatic rings. The molecule has 0 saturated heterocycles. The molecule has 5 nitrogen and oxygen atoms in total. The first kappa shape index (κ1) is 20.1. The van der Waals surface area contributed by atoms with E-state index >= 15 is 0 Å². The van der Waals surface area contributed by atoms with Gasteiger partial charge < -0.3 is 4.90 Å². The van der Waals surface area contributed by atoms with Gasteiger partial charge in [-0.15, -0.1) is 0 Å². The van der Waals surface area contributed by atoms with Crippen LogP contribution in [0.2, 0.25) is 0 Å². The van der Waals surface area contributed by atoms with E-state index < -0.39 is 17.3 Å². The number of aromatic nitrogens is 2. The van der Waals surface area contributed by atoms with Crippen LogP contribution >= 0.6 is 0 Å². The lowest BCUT2D eigenvalue weighted by Gasteiger charge is -2.24. The van der Waals surface area contributed by atoms with Crippen molar-refractivity contribution >= 4 is 11.7 Å². The number of hydrogen-bond acceptors (Lipinski definition) is 4. The van der Waals surface area contributed by atoms with Crippen LogP contribution in [-0.2, 0) is 6.18 Å². The van der Waals surface area contributed by atoms with E-state index in [0.29, 0.717) is 5.56 Å². The van der Waals surface area contributed by atoms with Crippen molar-refractivity contribution in [3.8, 4) is 0 Å². The van der Waals surface area contributed by atoms with E-state index in [1.54, 1.807) is 19.0 Å². The summed E-state index contributed by atoms with van der Waals surface area (Å²) in [6.45, 7) is 2.03. The highest BCUT2D eigenvalue weighted by Crippen LogP contribution is 2.57. The number of ketones is 1. The fourth-order valence-corrected chi connectivity index (χ4v) is 3.31. The van der Waals surface area contributed by atoms with E-state index in [1.807, 2.05) is 6.92 Å². The maximum absolute atomic E-state index is 12.8. The predicted octanol–water partition coefficient (Wildman–Crippen LogP) is 4.01. The van der Waals surface area contributed by atoms with Gasteiger partial charge in [0.2, 0.25) is 5.95 Å². The number of H-pyrrole nitrogens is 1. The fraction of sp³-hybridized carbons (Fsp3) is 0.450. The van der Waals surface area contributed by atoms with Gasteiger partial charge in [-0.3, -0.25) is 14.6 Å². The van der Waals surface area contributed by atoms with E-state index in [2.05, 4.69) is 9.97 Å². The number of alkyl halides is 3. The maximum Gasteiger partial charge on any atom is 0.416 e. The van der Waals surface area contributed by atoms with Crippen LogP contribution in [0, 0.1) is 5.41 Å². The van der Waals surface area contributed by atoms with Crippen LogP contribution in [0.5, 0.6) is 0 Å². The Bertz CT molecular complexity index is 929. The molecule has 1 atom stereocenters. The molecule has 0 amide bonds. The Kier molecular flexibility index (Phi) is 5.08. The Hall–Kier alpha value is -2.64. The van der Waals surface area contributed by atoms with Crippen LogP contribution in [0.25, 0.3) is 0 Å². The zero-order chi connectivity index (χ0) is 20.7. The summed E-state index contributed by atoms with van der Waals surface area (Å²) in [4.78, 5) is 33.0. The molecule has 1 aromatic carbocycles. The molecule has 1 heterocycles. The van der Waals surface area contributed by atoms with Crippen LogP contribution in [0.1, 0.15) is 53.7 Å². The number of halogens is 3. The van der Waals surface area contributed by atoms with Gasteiger partial charge in [0.25, 0.3) is 5.56 Å². The van der Waals surface area contributed by atoms with Gasteiger partial charge in [-0.2, -0.15) is 13.2 Å². The first-order chi connectivity index (χ1) is 13.0. The Morgan fingerprint density at radius 1 is 1.25 bits per heavy atom. The number of Topliss-reactive ketones (excluding diaryl/α,β-unsaturated/α-hetero) is 1. The van der Waals surface area contributed by atoms with Gasteiger partial charge in [-0.1, -0.05) is 19.1 Å². The van der Waals surface area contributed by atoms with Gasteiger partial charge in [-0.05, 0) is 41.9 Å². The highest BCUT2D eigenvalue weighted by molar-refractivity contribution is 5.95. The molecule has 8 heteroatoms. The lowest BCUT2D eigenvalue weighted by Crippen LogP contribution is -2.22. The Morgan fingerprint density at radius 3 is 2.36 bits per heavy atom. The number of hydrogen-bond donors (Lipinski definition) is 1. The number of carbonyl (C=O) groups is 1.